The molecule has 1 atom stereocenters. The Morgan fingerprint density at radius 2 is 1.94 bits per heavy atom. The molecule has 0 spiro atoms. The Morgan fingerprint density at radius 1 is 1.22 bits per heavy atom. The maximum atomic E-state index is 13.7. The smallest absolute Gasteiger partial charge is 0.274 e. The van der Waals surface area contributed by atoms with Gasteiger partial charge in [-0.2, -0.15) is 18.4 Å². The van der Waals surface area contributed by atoms with E-state index in [1.807, 2.05) is 0 Å². The summed E-state index contributed by atoms with van der Waals surface area (Å²) in [5, 5.41) is 10.3. The van der Waals surface area contributed by atoms with Crippen molar-refractivity contribution in [2.45, 2.75) is 22.9 Å². The van der Waals surface area contributed by atoms with Gasteiger partial charge in [-0.25, -0.2) is 9.88 Å². The quantitative estimate of drug-likeness (QED) is 0.431. The molecule has 162 valence electrons. The molecule has 1 aliphatic rings. The Kier molecular flexibility index (Phi) is 5.99. The molecule has 0 N–H and O–H groups in total. The molecule has 2 aromatic heterocycles. The van der Waals surface area contributed by atoms with Crippen LogP contribution in [-0.2, 0) is 15.8 Å². The van der Waals surface area contributed by atoms with Gasteiger partial charge in [-0.1, -0.05) is 29.4 Å². The van der Waals surface area contributed by atoms with Crippen molar-refractivity contribution in [1.29, 1.82) is 5.26 Å². The molecule has 2 amide bonds. The fraction of sp³-hybridized carbons (Fsp3) is 0.143. The van der Waals surface area contributed by atoms with Gasteiger partial charge in [0.05, 0.1) is 32.6 Å². The van der Waals surface area contributed by atoms with E-state index in [9.17, 15) is 28.0 Å². The van der Waals surface area contributed by atoms with Gasteiger partial charge in [-0.3, -0.25) is 9.59 Å². The third-order valence-electron chi connectivity index (χ3n) is 4.62. The zero-order chi connectivity index (χ0) is 23.0. The number of benzene rings is 1. The molecule has 4 rings (SSSR count). The number of alkyl halides is 3. The van der Waals surface area contributed by atoms with Crippen molar-refractivity contribution in [3.8, 4) is 16.6 Å². The summed E-state index contributed by atoms with van der Waals surface area (Å²) in [7, 11) is 0. The summed E-state index contributed by atoms with van der Waals surface area (Å²) in [4.78, 5) is 31.1. The van der Waals surface area contributed by atoms with E-state index in [1.165, 1.54) is 35.6 Å². The number of thiophene rings is 1. The third-order valence-corrected chi connectivity index (χ3v) is 6.94. The fourth-order valence-corrected chi connectivity index (χ4v) is 5.12. The molecule has 0 saturated carbocycles. The van der Waals surface area contributed by atoms with Crippen LogP contribution in [0.15, 0.2) is 52.9 Å². The molecule has 3 aromatic rings. The number of halogens is 4. The van der Waals surface area contributed by atoms with Crippen LogP contribution in [0.25, 0.3) is 10.6 Å². The minimum absolute atomic E-state index is 0.0418. The average molecular weight is 494 g/mol. The monoisotopic (exact) mass is 493 g/mol. The molecule has 0 aliphatic carbocycles. The predicted octanol–water partition coefficient (Wildman–Crippen LogP) is 5.78. The van der Waals surface area contributed by atoms with Crippen LogP contribution in [0, 0.1) is 11.3 Å². The Bertz CT molecular complexity index is 1240. The molecule has 1 aromatic carbocycles. The van der Waals surface area contributed by atoms with E-state index in [1.54, 1.807) is 23.6 Å². The molecule has 1 aliphatic heterocycles. The van der Waals surface area contributed by atoms with Crippen LogP contribution < -0.4 is 4.90 Å². The van der Waals surface area contributed by atoms with Gasteiger partial charge >= 0.3 is 6.18 Å². The summed E-state index contributed by atoms with van der Waals surface area (Å²) in [5.74, 6) is -1.10. The second kappa shape index (κ2) is 8.58. The average Bonchev–Trinajstić information content (AvgIpc) is 3.36. The first-order valence-electron chi connectivity index (χ1n) is 9.04. The molecule has 11 heteroatoms. The van der Waals surface area contributed by atoms with Crippen LogP contribution in [0.3, 0.4) is 0 Å². The molecule has 3 heterocycles. The molecule has 5 nitrogen and oxygen atoms in total. The lowest BCUT2D eigenvalue weighted by molar-refractivity contribution is -0.138. The lowest BCUT2D eigenvalue weighted by atomic mass is 10.1. The lowest BCUT2D eigenvalue weighted by Gasteiger charge is -2.16. The summed E-state index contributed by atoms with van der Waals surface area (Å²) in [6.07, 6.45) is -5.02. The first-order valence-corrected chi connectivity index (χ1v) is 11.2. The van der Waals surface area contributed by atoms with E-state index < -0.39 is 34.4 Å². The van der Waals surface area contributed by atoms with Crippen LogP contribution in [0.4, 0.5) is 18.9 Å². The maximum absolute atomic E-state index is 13.7. The molecule has 0 bridgehead atoms. The summed E-state index contributed by atoms with van der Waals surface area (Å²) < 4.78 is 41.0. The molecule has 0 radical (unpaired) electrons. The molecule has 0 unspecified atom stereocenters. The van der Waals surface area contributed by atoms with Crippen LogP contribution in [0.5, 0.6) is 0 Å². The van der Waals surface area contributed by atoms with Crippen molar-refractivity contribution in [1.82, 2.24) is 4.98 Å². The highest BCUT2D eigenvalue weighted by Gasteiger charge is 2.42. The SMILES string of the molecule is N#Cc1c(C(F)(F)F)cc(-c2cccs2)nc1S[C@@H]1CC(=O)N(c2ccc(Cl)cc2)C1=O. The highest BCUT2D eigenvalue weighted by atomic mass is 35.5. The van der Waals surface area contributed by atoms with Crippen molar-refractivity contribution in [2.75, 3.05) is 4.90 Å². The number of nitriles is 1. The number of nitrogens with zero attached hydrogens (tertiary/aromatic N) is 3. The van der Waals surface area contributed by atoms with E-state index in [2.05, 4.69) is 4.98 Å². The number of imide groups is 1. The summed E-state index contributed by atoms with van der Waals surface area (Å²) in [6.45, 7) is 0. The van der Waals surface area contributed by atoms with Crippen LogP contribution >= 0.6 is 34.7 Å². The minimum Gasteiger partial charge on any atom is -0.274 e. The first-order chi connectivity index (χ1) is 15.2. The van der Waals surface area contributed by atoms with Gasteiger partial charge in [0, 0.05) is 11.4 Å². The Morgan fingerprint density at radius 3 is 2.53 bits per heavy atom. The number of aromatic nitrogens is 1. The second-order valence-corrected chi connectivity index (χ2v) is 9.25. The topological polar surface area (TPSA) is 74.1 Å². The number of rotatable bonds is 4. The number of amides is 2. The standard InChI is InChI=1S/C21H11ClF3N3O2S2/c22-11-3-5-12(6-4-11)28-18(29)9-17(20(28)30)32-19-13(10-26)14(21(23,24)25)8-15(27-19)16-2-1-7-31-16/h1-8,17H,9H2/t17-/m1/s1. The molecular formula is C21H11ClF3N3O2S2. The number of carbonyl (C=O) groups excluding carboxylic acids is 2. The van der Waals surface area contributed by atoms with Gasteiger partial charge in [0.2, 0.25) is 11.8 Å². The van der Waals surface area contributed by atoms with Crippen molar-refractivity contribution in [3.05, 3.63) is 64.0 Å². The molecule has 1 fully saturated rings. The summed E-state index contributed by atoms with van der Waals surface area (Å²) in [6, 6.07) is 11.7. The lowest BCUT2D eigenvalue weighted by Crippen LogP contribution is -2.31. The van der Waals surface area contributed by atoms with E-state index >= 15 is 0 Å². The van der Waals surface area contributed by atoms with Crippen molar-refractivity contribution < 1.29 is 22.8 Å². The van der Waals surface area contributed by atoms with E-state index in [4.69, 9.17) is 11.6 Å². The highest BCUT2D eigenvalue weighted by molar-refractivity contribution is 8.00. The number of anilines is 1. The largest absolute Gasteiger partial charge is 0.417 e. The number of thioether (sulfide) groups is 1. The van der Waals surface area contributed by atoms with Gasteiger partial charge in [0.25, 0.3) is 0 Å². The van der Waals surface area contributed by atoms with Gasteiger partial charge in [-0.05, 0) is 41.8 Å². The zero-order valence-electron chi connectivity index (χ0n) is 15.9. The Balaban J connectivity index is 1.73. The number of hydrogen-bond acceptors (Lipinski definition) is 6. The second-order valence-electron chi connectivity index (χ2n) is 6.68. The minimum atomic E-state index is -4.79. The molecule has 1 saturated heterocycles. The fourth-order valence-electron chi connectivity index (χ4n) is 3.18. The third kappa shape index (κ3) is 4.24. The van der Waals surface area contributed by atoms with Crippen LogP contribution in [-0.4, -0.2) is 22.0 Å². The Labute approximate surface area is 193 Å². The number of carbonyl (C=O) groups is 2. The van der Waals surface area contributed by atoms with Gasteiger partial charge in [-0.15, -0.1) is 11.3 Å². The van der Waals surface area contributed by atoms with E-state index in [-0.39, 0.29) is 17.1 Å². The van der Waals surface area contributed by atoms with Gasteiger partial charge in [0.1, 0.15) is 11.1 Å². The normalized spacial score (nSPS) is 16.5. The van der Waals surface area contributed by atoms with Crippen molar-refractivity contribution in [2.24, 2.45) is 0 Å². The maximum Gasteiger partial charge on any atom is 0.417 e. The zero-order valence-corrected chi connectivity index (χ0v) is 18.3. The van der Waals surface area contributed by atoms with Crippen LogP contribution in [0.2, 0.25) is 5.02 Å². The summed E-state index contributed by atoms with van der Waals surface area (Å²) >= 11 is 7.74. The van der Waals surface area contributed by atoms with E-state index in [0.717, 1.165) is 11.0 Å². The number of pyridine rings is 1. The van der Waals surface area contributed by atoms with Gasteiger partial charge < -0.3 is 0 Å². The highest BCUT2D eigenvalue weighted by Crippen LogP contribution is 2.41. The first kappa shape index (κ1) is 22.3. The van der Waals surface area contributed by atoms with Gasteiger partial charge in [0.15, 0.2) is 0 Å². The predicted molar refractivity (Wildman–Crippen MR) is 115 cm³/mol. The van der Waals surface area contributed by atoms with Crippen molar-refractivity contribution in [3.63, 3.8) is 0 Å². The number of hydrogen-bond donors (Lipinski definition) is 0. The molecule has 32 heavy (non-hydrogen) atoms. The summed E-state index contributed by atoms with van der Waals surface area (Å²) in [5.41, 5.74) is -1.45. The van der Waals surface area contributed by atoms with Crippen LogP contribution in [0.1, 0.15) is 17.5 Å². The van der Waals surface area contributed by atoms with Crippen molar-refractivity contribution >= 4 is 52.2 Å². The van der Waals surface area contributed by atoms with E-state index in [0.29, 0.717) is 27.3 Å². The Hall–Kier alpha value is -2.87. The molecular weight excluding hydrogens is 483 g/mol.